The zero-order valence-corrected chi connectivity index (χ0v) is 41.7. The number of allylic oxidation sites excluding steroid dienone is 4. The summed E-state index contributed by atoms with van der Waals surface area (Å²) < 4.78 is 3.65. The van der Waals surface area contributed by atoms with Gasteiger partial charge in [0.05, 0.1) is 0 Å². The average Bonchev–Trinajstić information content (AvgIpc) is 3.82. The summed E-state index contributed by atoms with van der Waals surface area (Å²) in [5.74, 6) is 0. The van der Waals surface area contributed by atoms with Crippen LogP contribution < -0.4 is 0 Å². The van der Waals surface area contributed by atoms with E-state index in [4.69, 9.17) is 23.2 Å². The Bertz CT molecular complexity index is 2470. The molecule has 0 N–H and O–H groups in total. The Hall–Kier alpha value is -3.29. The van der Waals surface area contributed by atoms with Gasteiger partial charge < -0.3 is 0 Å². The topological polar surface area (TPSA) is 0 Å². The van der Waals surface area contributed by atoms with Crippen LogP contribution in [0.15, 0.2) is 143 Å². The molecule has 6 aromatic rings. The minimum absolute atomic E-state index is 0. The minimum Gasteiger partial charge on any atom is -0.147 e. The van der Waals surface area contributed by atoms with Crippen molar-refractivity contribution in [1.29, 1.82) is 0 Å². The molecule has 0 saturated carbocycles. The van der Waals surface area contributed by atoms with Gasteiger partial charge in [-0.3, -0.25) is 0 Å². The van der Waals surface area contributed by atoms with Crippen LogP contribution in [0.2, 0.25) is 10.0 Å². The van der Waals surface area contributed by atoms with Gasteiger partial charge in [0.15, 0.2) is 0 Å². The van der Waals surface area contributed by atoms with Gasteiger partial charge in [-0.15, -0.1) is 24.8 Å². The van der Waals surface area contributed by atoms with E-state index in [1.54, 1.807) is 6.49 Å². The van der Waals surface area contributed by atoms with Gasteiger partial charge in [-0.25, -0.2) is 0 Å². The van der Waals surface area contributed by atoms with E-state index < -0.39 is 21.3 Å². The largest absolute Gasteiger partial charge is 0.147 e. The second-order valence-corrected chi connectivity index (χ2v) is 26.1. The second-order valence-electron chi connectivity index (χ2n) is 18.5. The van der Waals surface area contributed by atoms with Gasteiger partial charge in [-0.2, -0.15) is 0 Å². The maximum Gasteiger partial charge on any atom is -0.147 e. The summed E-state index contributed by atoms with van der Waals surface area (Å²) in [4.78, 5) is 0. The van der Waals surface area contributed by atoms with Crippen LogP contribution in [0.3, 0.4) is 0 Å². The van der Waals surface area contributed by atoms with Crippen molar-refractivity contribution < 1.29 is 21.3 Å². The molecule has 0 spiro atoms. The van der Waals surface area contributed by atoms with Crippen LogP contribution in [0.25, 0.3) is 33.4 Å². The maximum atomic E-state index is 6.49. The van der Waals surface area contributed by atoms with Gasteiger partial charge in [0.2, 0.25) is 0 Å². The number of hydrogen-bond acceptors (Lipinski definition) is 0. The first kappa shape index (κ1) is 46.2. The van der Waals surface area contributed by atoms with Crippen LogP contribution in [0.5, 0.6) is 0 Å². The first-order valence-corrected chi connectivity index (χ1v) is 25.4. The molecule has 0 unspecified atom stereocenters. The molecular weight excluding hydrogens is 894 g/mol. The molecule has 0 heterocycles. The van der Waals surface area contributed by atoms with E-state index in [2.05, 4.69) is 195 Å². The third-order valence-electron chi connectivity index (χ3n) is 12.2. The smallest absolute Gasteiger partial charge is 0.147 e. The van der Waals surface area contributed by atoms with Gasteiger partial charge in [-0.1, -0.05) is 0 Å². The number of fused-ring (bicyclic) bond motifs is 3. The molecule has 0 fully saturated rings. The molecule has 0 aromatic heterocycles. The number of halogens is 4. The molecule has 0 aliphatic heterocycles. The van der Waals surface area contributed by atoms with E-state index in [1.807, 2.05) is 0 Å². The average molecular weight is 950 g/mol. The van der Waals surface area contributed by atoms with Crippen molar-refractivity contribution in [3.63, 3.8) is 0 Å². The van der Waals surface area contributed by atoms with E-state index in [0.717, 1.165) is 29.3 Å². The van der Waals surface area contributed by atoms with Crippen molar-refractivity contribution in [2.24, 2.45) is 0 Å². The number of hydrogen-bond donors (Lipinski definition) is 0. The van der Waals surface area contributed by atoms with Crippen LogP contribution in [0.4, 0.5) is 0 Å². The standard InChI is InChI=1S/C35H37.C15H12Cl2.C5H5.2ClH.Zr/c1-22-13-9-11-15-26(22)30-18-24-17-25-19-31(27-16-12-10-14-23(27)2)33(35(6,7)8)21-29(25)28(24)20-32(30)34(3,4)5;16-14-8-4-12(5-9-14)2-1-3-13-6-10-15(17)11-7-13;1-2-4-5-3-1;;;/h9-21H,1-8H3;4-11H,2-3H2;1-3H,4H2;2*1H;. The van der Waals surface area contributed by atoms with Crippen molar-refractivity contribution in [2.45, 2.75) is 89.1 Å². The molecule has 2 aliphatic carbocycles. The Morgan fingerprint density at radius 3 is 1.33 bits per heavy atom. The number of rotatable bonds is 8. The van der Waals surface area contributed by atoms with Crippen LogP contribution in [0.1, 0.15) is 96.1 Å². The summed E-state index contributed by atoms with van der Waals surface area (Å²) in [5.41, 5.74) is 19.3. The molecule has 8 rings (SSSR count). The molecule has 6 aromatic carbocycles. The van der Waals surface area contributed by atoms with E-state index in [9.17, 15) is 0 Å². The summed E-state index contributed by atoms with van der Waals surface area (Å²) in [6.07, 6.45) is 10.1. The van der Waals surface area contributed by atoms with Crippen LogP contribution in [0, 0.1) is 13.8 Å². The Labute approximate surface area is 389 Å². The Kier molecular flexibility index (Phi) is 14.3. The molecule has 0 amide bonds. The normalized spacial score (nSPS) is 13.3. The van der Waals surface area contributed by atoms with Gasteiger partial charge in [-0.05, 0) is 0 Å². The van der Waals surface area contributed by atoms with Crippen molar-refractivity contribution >= 4 is 51.2 Å². The van der Waals surface area contributed by atoms with Gasteiger partial charge in [0.25, 0.3) is 0 Å². The monoisotopic (exact) mass is 946 g/mol. The molecule has 0 saturated heterocycles. The SMILES string of the molecule is Cc1ccccc1-c1cc2c(cc1C(C)(C)C)-c1cc(C(C)(C)C)c(-c3ccccc3C)cc1[CH]2[Zr]([C]1=CC=CC1)=[C](Cc1ccc(Cl)cc1)Cc1ccc(Cl)cc1.Cl.Cl. The summed E-state index contributed by atoms with van der Waals surface area (Å²) >= 11 is 10.1. The number of aryl methyl sites for hydroxylation is 2. The Morgan fingerprint density at radius 2 is 0.967 bits per heavy atom. The first-order chi connectivity index (χ1) is 27.7. The predicted octanol–water partition coefficient (Wildman–Crippen LogP) is 16.6. The Morgan fingerprint density at radius 1 is 0.550 bits per heavy atom. The van der Waals surface area contributed by atoms with Crippen LogP contribution >= 0.6 is 48.0 Å². The second kappa shape index (κ2) is 18.6. The molecule has 308 valence electrons. The fourth-order valence-corrected chi connectivity index (χ4v) is 18.7. The molecule has 0 bridgehead atoms. The van der Waals surface area contributed by atoms with Crippen molar-refractivity contribution in [1.82, 2.24) is 0 Å². The van der Waals surface area contributed by atoms with E-state index in [-0.39, 0.29) is 35.6 Å². The van der Waals surface area contributed by atoms with Crippen molar-refractivity contribution in [3.05, 3.63) is 197 Å². The van der Waals surface area contributed by atoms with Crippen molar-refractivity contribution in [3.8, 4) is 33.4 Å². The molecule has 0 nitrogen and oxygen atoms in total. The molecule has 2 aliphatic rings. The van der Waals surface area contributed by atoms with E-state index >= 15 is 0 Å². The van der Waals surface area contributed by atoms with Gasteiger partial charge >= 0.3 is 368 Å². The fraction of sp³-hybridized carbons (Fsp3) is 0.255. The molecule has 5 heteroatoms. The summed E-state index contributed by atoms with van der Waals surface area (Å²) in [6.45, 7) is 18.8. The fourth-order valence-electron chi connectivity index (χ4n) is 9.31. The molecule has 0 atom stereocenters. The third-order valence-corrected chi connectivity index (χ3v) is 21.0. The summed E-state index contributed by atoms with van der Waals surface area (Å²) in [5, 5.41) is 1.56. The quantitative estimate of drug-likeness (QED) is 0.143. The maximum absolute atomic E-state index is 6.49. The van der Waals surface area contributed by atoms with Crippen LogP contribution in [-0.2, 0) is 44.9 Å². The predicted molar refractivity (Wildman–Crippen MR) is 263 cm³/mol. The number of benzene rings is 6. The minimum atomic E-state index is -2.91. The summed E-state index contributed by atoms with van der Waals surface area (Å²) in [7, 11) is 0. The zero-order valence-electron chi connectivity index (χ0n) is 36.1. The van der Waals surface area contributed by atoms with Crippen LogP contribution in [-0.4, -0.2) is 3.21 Å². The summed E-state index contributed by atoms with van der Waals surface area (Å²) in [6, 6.07) is 45.6. The van der Waals surface area contributed by atoms with Crippen molar-refractivity contribution in [2.75, 3.05) is 0 Å². The zero-order chi connectivity index (χ0) is 40.9. The Balaban J connectivity index is 0.00000302. The first-order valence-electron chi connectivity index (χ1n) is 20.7. The van der Waals surface area contributed by atoms with E-state index in [1.165, 1.54) is 77.9 Å². The molecule has 0 radical (unpaired) electrons. The third kappa shape index (κ3) is 9.38. The van der Waals surface area contributed by atoms with Gasteiger partial charge in [0, 0.05) is 0 Å². The molecule has 60 heavy (non-hydrogen) atoms. The van der Waals surface area contributed by atoms with Gasteiger partial charge in [0.1, 0.15) is 0 Å². The van der Waals surface area contributed by atoms with E-state index in [0.29, 0.717) is 3.63 Å². The molecular formula is C55H56Cl4Zr.